The van der Waals surface area contributed by atoms with Crippen LogP contribution in [0.25, 0.3) is 0 Å². The van der Waals surface area contributed by atoms with Crippen molar-refractivity contribution in [3.8, 4) is 0 Å². The van der Waals surface area contributed by atoms with Gasteiger partial charge in [-0.15, -0.1) is 0 Å². The summed E-state index contributed by atoms with van der Waals surface area (Å²) in [5.41, 5.74) is -0.321. The van der Waals surface area contributed by atoms with Gasteiger partial charge in [0.1, 0.15) is 10.8 Å². The summed E-state index contributed by atoms with van der Waals surface area (Å²) in [4.78, 5) is 12.4. The minimum absolute atomic E-state index is 0.000107. The lowest BCUT2D eigenvalue weighted by Gasteiger charge is -2.29. The zero-order valence-electron chi connectivity index (χ0n) is 15.7. The Kier molecular flexibility index (Phi) is 6.63. The van der Waals surface area contributed by atoms with Gasteiger partial charge in [-0.25, -0.2) is 0 Å². The Balaban J connectivity index is 1.52. The van der Waals surface area contributed by atoms with Crippen molar-refractivity contribution in [2.24, 2.45) is 5.92 Å². The monoisotopic (exact) mass is 448 g/mol. The van der Waals surface area contributed by atoms with E-state index >= 15 is 0 Å². The van der Waals surface area contributed by atoms with Gasteiger partial charge in [-0.1, -0.05) is 23.2 Å². The Morgan fingerprint density at radius 3 is 2.52 bits per heavy atom. The molecule has 0 spiro atoms. The highest BCUT2D eigenvalue weighted by atomic mass is 35.5. The number of halogens is 5. The van der Waals surface area contributed by atoms with Gasteiger partial charge in [0.2, 0.25) is 0 Å². The maximum absolute atomic E-state index is 12.9. The minimum Gasteiger partial charge on any atom is -0.369 e. The summed E-state index contributed by atoms with van der Waals surface area (Å²) < 4.78 is 38.7. The summed E-state index contributed by atoms with van der Waals surface area (Å²) in [7, 11) is 0. The third-order valence-corrected chi connectivity index (χ3v) is 5.95. The highest BCUT2D eigenvalue weighted by Gasteiger charge is 2.32. The average Bonchev–Trinajstić information content (AvgIpc) is 2.99. The van der Waals surface area contributed by atoms with Gasteiger partial charge in [0.15, 0.2) is 0 Å². The molecule has 10 heteroatoms. The molecule has 1 heterocycles. The van der Waals surface area contributed by atoms with Crippen LogP contribution in [0.15, 0.2) is 18.2 Å². The largest absolute Gasteiger partial charge is 0.416 e. The molecule has 1 aliphatic rings. The van der Waals surface area contributed by atoms with Crippen LogP contribution in [0, 0.1) is 12.8 Å². The van der Waals surface area contributed by atoms with Gasteiger partial charge < -0.3 is 10.6 Å². The molecule has 1 aliphatic carbocycles. The molecule has 29 heavy (non-hydrogen) atoms. The first-order valence-electron chi connectivity index (χ1n) is 9.27. The van der Waals surface area contributed by atoms with E-state index < -0.39 is 17.6 Å². The summed E-state index contributed by atoms with van der Waals surface area (Å²) in [6, 6.07) is 2.67. The number of nitrogens with zero attached hydrogens (tertiary/aromatic N) is 1. The Morgan fingerprint density at radius 1 is 1.24 bits per heavy atom. The third-order valence-electron chi connectivity index (χ3n) is 5.16. The summed E-state index contributed by atoms with van der Waals surface area (Å²) in [5, 5.41) is 13.5. The first-order chi connectivity index (χ1) is 13.6. The van der Waals surface area contributed by atoms with Gasteiger partial charge >= 0.3 is 6.18 Å². The van der Waals surface area contributed by atoms with Crippen molar-refractivity contribution < 1.29 is 18.0 Å². The van der Waals surface area contributed by atoms with Crippen molar-refractivity contribution in [1.82, 2.24) is 15.5 Å². The summed E-state index contributed by atoms with van der Waals surface area (Å²) in [5.74, 6) is 0.515. The Bertz CT molecular complexity index is 877. The lowest BCUT2D eigenvalue weighted by atomic mass is 9.86. The van der Waals surface area contributed by atoms with Gasteiger partial charge in [-0.2, -0.15) is 18.3 Å². The van der Waals surface area contributed by atoms with Crippen LogP contribution in [0.3, 0.4) is 0 Å². The second-order valence-corrected chi connectivity index (χ2v) is 8.05. The van der Waals surface area contributed by atoms with E-state index in [4.69, 9.17) is 23.2 Å². The maximum atomic E-state index is 12.9. The Morgan fingerprint density at radius 2 is 1.93 bits per heavy atom. The fourth-order valence-corrected chi connectivity index (χ4v) is 3.79. The van der Waals surface area contributed by atoms with Crippen LogP contribution >= 0.6 is 23.2 Å². The number of benzene rings is 1. The number of nitrogens with one attached hydrogen (secondary N) is 3. The minimum atomic E-state index is -4.53. The predicted octanol–water partition coefficient (Wildman–Crippen LogP) is 5.44. The fourth-order valence-electron chi connectivity index (χ4n) is 3.43. The number of carbonyl (C=O) groups excluding carboxylic acids is 1. The number of aromatic amines is 1. The lowest BCUT2D eigenvalue weighted by Crippen LogP contribution is -2.38. The molecule has 2 aromatic rings. The molecule has 0 radical (unpaired) electrons. The molecule has 1 fully saturated rings. The van der Waals surface area contributed by atoms with Gasteiger partial charge in [0.05, 0.1) is 21.8 Å². The smallest absolute Gasteiger partial charge is 0.369 e. The molecular weight excluding hydrogens is 428 g/mol. The molecule has 1 amide bonds. The number of amides is 1. The number of hydrogen-bond acceptors (Lipinski definition) is 3. The van der Waals surface area contributed by atoms with Crippen LogP contribution in [0.5, 0.6) is 0 Å². The van der Waals surface area contributed by atoms with Crippen molar-refractivity contribution >= 4 is 34.9 Å². The highest BCUT2D eigenvalue weighted by molar-refractivity contribution is 6.34. The number of alkyl halides is 3. The molecule has 0 atom stereocenters. The highest BCUT2D eigenvalue weighted by Crippen LogP contribution is 2.32. The van der Waals surface area contributed by atoms with E-state index in [1.807, 2.05) is 6.92 Å². The summed E-state index contributed by atoms with van der Waals surface area (Å²) in [6.07, 6.45) is -1.30. The van der Waals surface area contributed by atoms with E-state index in [0.29, 0.717) is 16.8 Å². The maximum Gasteiger partial charge on any atom is 0.416 e. The first kappa shape index (κ1) is 21.8. The van der Waals surface area contributed by atoms with E-state index in [1.165, 1.54) is 0 Å². The molecular formula is C19H21Cl2F3N4O. The van der Waals surface area contributed by atoms with E-state index in [9.17, 15) is 18.0 Å². The number of aromatic nitrogens is 2. The molecule has 5 nitrogen and oxygen atoms in total. The van der Waals surface area contributed by atoms with Crippen LogP contribution in [0.4, 0.5) is 19.0 Å². The van der Waals surface area contributed by atoms with Crippen molar-refractivity contribution in [2.75, 3.05) is 11.9 Å². The molecule has 1 aromatic heterocycles. The third kappa shape index (κ3) is 5.36. The normalized spacial score (nSPS) is 19.8. The molecule has 0 aliphatic heterocycles. The number of aryl methyl sites for hydroxylation is 1. The SMILES string of the molecule is Cc1n[nH]c(NC[C@H]2CC[C@H](NC(=O)c3cc(C(F)(F)F)ccc3Cl)CC2)c1Cl. The van der Waals surface area contributed by atoms with Crippen LogP contribution < -0.4 is 10.6 Å². The topological polar surface area (TPSA) is 69.8 Å². The zero-order valence-corrected chi connectivity index (χ0v) is 17.2. The standard InChI is InChI=1S/C19H21Cl2F3N4O/c1-10-16(21)17(28-27-10)25-9-11-2-5-13(6-3-11)26-18(29)14-8-12(19(22,23)24)4-7-15(14)20/h4,7-8,11,13H,2-3,5-6,9H2,1H3,(H,26,29)(H2,25,27,28)/t11-,13-. The van der Waals surface area contributed by atoms with Crippen LogP contribution in [-0.2, 0) is 6.18 Å². The average molecular weight is 449 g/mol. The van der Waals surface area contributed by atoms with Crippen molar-refractivity contribution in [1.29, 1.82) is 0 Å². The Hall–Kier alpha value is -1.93. The van der Waals surface area contributed by atoms with E-state index in [2.05, 4.69) is 20.8 Å². The number of anilines is 1. The van der Waals surface area contributed by atoms with Gasteiger partial charge in [-0.3, -0.25) is 9.89 Å². The van der Waals surface area contributed by atoms with Crippen LogP contribution in [0.2, 0.25) is 10.0 Å². The van der Waals surface area contributed by atoms with Crippen LogP contribution in [0.1, 0.15) is 47.3 Å². The number of hydrogen-bond donors (Lipinski definition) is 3. The van der Waals surface area contributed by atoms with Crippen LogP contribution in [-0.4, -0.2) is 28.7 Å². The second kappa shape index (κ2) is 8.83. The Labute approximate surface area is 176 Å². The van der Waals surface area contributed by atoms with E-state index in [0.717, 1.165) is 56.1 Å². The summed E-state index contributed by atoms with van der Waals surface area (Å²) >= 11 is 12.1. The van der Waals surface area contributed by atoms with Gasteiger partial charge in [0, 0.05) is 12.6 Å². The number of H-pyrrole nitrogens is 1. The predicted molar refractivity (Wildman–Crippen MR) is 106 cm³/mol. The number of carbonyl (C=O) groups is 1. The molecule has 1 aromatic carbocycles. The van der Waals surface area contributed by atoms with E-state index in [-0.39, 0.29) is 16.6 Å². The number of rotatable bonds is 5. The molecule has 0 saturated heterocycles. The van der Waals surface area contributed by atoms with E-state index in [1.54, 1.807) is 0 Å². The fraction of sp³-hybridized carbons (Fsp3) is 0.474. The molecule has 0 unspecified atom stereocenters. The zero-order chi connectivity index (χ0) is 21.2. The van der Waals surface area contributed by atoms with Crippen molar-refractivity contribution in [3.63, 3.8) is 0 Å². The molecule has 3 rings (SSSR count). The molecule has 1 saturated carbocycles. The second-order valence-electron chi connectivity index (χ2n) is 7.26. The molecule has 158 valence electrons. The molecule has 3 N–H and O–H groups in total. The lowest BCUT2D eigenvalue weighted by molar-refractivity contribution is -0.137. The van der Waals surface area contributed by atoms with Crippen molar-refractivity contribution in [2.45, 2.75) is 44.8 Å². The summed E-state index contributed by atoms with van der Waals surface area (Å²) in [6.45, 7) is 2.54. The quantitative estimate of drug-likeness (QED) is 0.569. The van der Waals surface area contributed by atoms with Gasteiger partial charge in [0.25, 0.3) is 5.91 Å². The first-order valence-corrected chi connectivity index (χ1v) is 10.0. The molecule has 0 bridgehead atoms. The van der Waals surface area contributed by atoms with Gasteiger partial charge in [-0.05, 0) is 56.7 Å². The van der Waals surface area contributed by atoms with Crippen molar-refractivity contribution in [3.05, 3.63) is 45.1 Å².